The van der Waals surface area contributed by atoms with Gasteiger partial charge in [0, 0.05) is 18.5 Å². The number of oxazole rings is 1. The lowest BCUT2D eigenvalue weighted by Crippen LogP contribution is -2.25. The van der Waals surface area contributed by atoms with Crippen LogP contribution in [-0.2, 0) is 17.6 Å². The Kier molecular flexibility index (Phi) is 6.64. The van der Waals surface area contributed by atoms with Crippen molar-refractivity contribution >= 4 is 5.91 Å². The maximum atomic E-state index is 12.1. The first kappa shape index (κ1) is 19.9. The van der Waals surface area contributed by atoms with E-state index in [-0.39, 0.29) is 5.91 Å². The third-order valence-corrected chi connectivity index (χ3v) is 4.94. The Morgan fingerprint density at radius 3 is 2.50 bits per heavy atom. The van der Waals surface area contributed by atoms with Crippen LogP contribution in [0.1, 0.15) is 41.0 Å². The van der Waals surface area contributed by atoms with Crippen LogP contribution >= 0.6 is 0 Å². The number of carbonyl (C=O) groups excluding carboxylic acids is 1. The summed E-state index contributed by atoms with van der Waals surface area (Å²) in [5.74, 6) is 1.58. The molecule has 146 valence electrons. The molecule has 3 aromatic rings. The van der Waals surface area contributed by atoms with Gasteiger partial charge in [-0.3, -0.25) is 4.79 Å². The van der Waals surface area contributed by atoms with Gasteiger partial charge in [-0.25, -0.2) is 4.98 Å². The van der Waals surface area contributed by atoms with E-state index in [0.29, 0.717) is 18.9 Å². The second-order valence-electron chi connectivity index (χ2n) is 7.28. The summed E-state index contributed by atoms with van der Waals surface area (Å²) in [6.07, 6.45) is 2.86. The van der Waals surface area contributed by atoms with Gasteiger partial charge >= 0.3 is 0 Å². The van der Waals surface area contributed by atoms with Crippen LogP contribution in [0.5, 0.6) is 0 Å². The highest BCUT2D eigenvalue weighted by Crippen LogP contribution is 2.25. The van der Waals surface area contributed by atoms with Crippen molar-refractivity contribution in [2.75, 3.05) is 6.54 Å². The average molecular weight is 377 g/mol. The molecule has 28 heavy (non-hydrogen) atoms. The van der Waals surface area contributed by atoms with Gasteiger partial charge in [-0.15, -0.1) is 0 Å². The van der Waals surface area contributed by atoms with Gasteiger partial charge in [0.2, 0.25) is 11.8 Å². The monoisotopic (exact) mass is 376 g/mol. The number of benzene rings is 2. The molecule has 4 heteroatoms. The van der Waals surface area contributed by atoms with E-state index in [4.69, 9.17) is 4.42 Å². The molecule has 1 aromatic heterocycles. The van der Waals surface area contributed by atoms with Crippen LogP contribution in [0.3, 0.4) is 0 Å². The summed E-state index contributed by atoms with van der Waals surface area (Å²) < 4.78 is 5.85. The lowest BCUT2D eigenvalue weighted by Gasteiger charge is -2.05. The van der Waals surface area contributed by atoms with Crippen molar-refractivity contribution in [3.05, 3.63) is 76.7 Å². The van der Waals surface area contributed by atoms with Gasteiger partial charge in [0.25, 0.3) is 0 Å². The number of nitrogens with one attached hydrogen (secondary N) is 1. The van der Waals surface area contributed by atoms with Crippen LogP contribution in [0.15, 0.2) is 52.9 Å². The summed E-state index contributed by atoms with van der Waals surface area (Å²) in [4.78, 5) is 16.7. The second kappa shape index (κ2) is 9.36. The zero-order valence-electron chi connectivity index (χ0n) is 16.9. The molecule has 3 rings (SSSR count). The number of nitrogens with zero attached hydrogens (tertiary/aromatic N) is 1. The predicted octanol–water partition coefficient (Wildman–Crippen LogP) is 4.95. The third kappa shape index (κ3) is 5.32. The highest BCUT2D eigenvalue weighted by molar-refractivity contribution is 5.75. The largest absolute Gasteiger partial charge is 0.441 e. The summed E-state index contributed by atoms with van der Waals surface area (Å²) in [5.41, 5.74) is 5.59. The number of hydrogen-bond acceptors (Lipinski definition) is 3. The molecule has 4 nitrogen and oxygen atoms in total. The Labute approximate surface area is 167 Å². The van der Waals surface area contributed by atoms with E-state index in [1.54, 1.807) is 0 Å². The van der Waals surface area contributed by atoms with Crippen molar-refractivity contribution in [2.45, 2.75) is 46.5 Å². The molecule has 0 radical (unpaired) electrons. The molecule has 1 heterocycles. The Morgan fingerprint density at radius 1 is 1.00 bits per heavy atom. The molecular weight excluding hydrogens is 348 g/mol. The molecule has 0 aliphatic heterocycles. The highest BCUT2D eigenvalue weighted by atomic mass is 16.4. The third-order valence-electron chi connectivity index (χ3n) is 4.94. The maximum Gasteiger partial charge on any atom is 0.226 e. The summed E-state index contributed by atoms with van der Waals surface area (Å²) in [7, 11) is 0. The molecule has 0 spiro atoms. The van der Waals surface area contributed by atoms with E-state index in [2.05, 4.69) is 54.5 Å². The lowest BCUT2D eigenvalue weighted by atomic mass is 10.1. The quantitative estimate of drug-likeness (QED) is 0.605. The predicted molar refractivity (Wildman–Crippen MR) is 112 cm³/mol. The Balaban J connectivity index is 1.44. The molecule has 0 saturated heterocycles. The summed E-state index contributed by atoms with van der Waals surface area (Å²) in [6, 6.07) is 16.5. The van der Waals surface area contributed by atoms with Gasteiger partial charge in [-0.1, -0.05) is 48.0 Å². The molecule has 0 bridgehead atoms. The zero-order valence-corrected chi connectivity index (χ0v) is 16.9. The van der Waals surface area contributed by atoms with Crippen LogP contribution in [0.4, 0.5) is 0 Å². The van der Waals surface area contributed by atoms with Gasteiger partial charge in [-0.05, 0) is 57.2 Å². The topological polar surface area (TPSA) is 55.1 Å². The first-order valence-electron chi connectivity index (χ1n) is 9.87. The van der Waals surface area contributed by atoms with E-state index in [0.717, 1.165) is 41.8 Å². The van der Waals surface area contributed by atoms with E-state index in [1.807, 2.05) is 25.1 Å². The average Bonchev–Trinajstić information content (AvgIpc) is 3.04. The van der Waals surface area contributed by atoms with Crippen LogP contribution in [-0.4, -0.2) is 17.4 Å². The molecule has 0 saturated carbocycles. The van der Waals surface area contributed by atoms with Gasteiger partial charge in [0.15, 0.2) is 0 Å². The second-order valence-corrected chi connectivity index (χ2v) is 7.28. The van der Waals surface area contributed by atoms with Gasteiger partial charge < -0.3 is 9.73 Å². The molecule has 0 aliphatic carbocycles. The SMILES string of the molecule is Cc1ccc(CCNC(=O)CCCc2nc(-c3ccccc3C)oc2C)cc1. The normalized spacial score (nSPS) is 10.8. The first-order valence-corrected chi connectivity index (χ1v) is 9.87. The van der Waals surface area contributed by atoms with E-state index in [9.17, 15) is 4.79 Å². The van der Waals surface area contributed by atoms with Crippen LogP contribution in [0.2, 0.25) is 0 Å². The standard InChI is InChI=1S/C24H28N2O2/c1-17-11-13-20(14-12-17)15-16-25-23(27)10-6-9-22-19(3)28-24(26-22)21-8-5-4-7-18(21)2/h4-5,7-8,11-14H,6,9-10,15-16H2,1-3H3,(H,25,27). The highest BCUT2D eigenvalue weighted by Gasteiger charge is 2.13. The Hall–Kier alpha value is -2.88. The van der Waals surface area contributed by atoms with Crippen LogP contribution < -0.4 is 5.32 Å². The fourth-order valence-corrected chi connectivity index (χ4v) is 3.19. The lowest BCUT2D eigenvalue weighted by molar-refractivity contribution is -0.121. The minimum atomic E-state index is 0.0902. The molecule has 0 unspecified atom stereocenters. The smallest absolute Gasteiger partial charge is 0.226 e. The Bertz CT molecular complexity index is 926. The minimum Gasteiger partial charge on any atom is -0.441 e. The Morgan fingerprint density at radius 2 is 1.75 bits per heavy atom. The van der Waals surface area contributed by atoms with E-state index < -0.39 is 0 Å². The summed E-state index contributed by atoms with van der Waals surface area (Å²) >= 11 is 0. The molecule has 0 atom stereocenters. The number of amides is 1. The van der Waals surface area contributed by atoms with Crippen LogP contribution in [0, 0.1) is 20.8 Å². The number of hydrogen-bond donors (Lipinski definition) is 1. The number of aromatic nitrogens is 1. The molecule has 1 N–H and O–H groups in total. The summed E-state index contributed by atoms with van der Waals surface area (Å²) in [6.45, 7) is 6.73. The maximum absolute atomic E-state index is 12.1. The van der Waals surface area contributed by atoms with Crippen molar-refractivity contribution in [3.63, 3.8) is 0 Å². The number of rotatable bonds is 8. The molecular formula is C24H28N2O2. The van der Waals surface area contributed by atoms with Gasteiger partial charge in [-0.2, -0.15) is 0 Å². The zero-order chi connectivity index (χ0) is 19.9. The number of aryl methyl sites for hydroxylation is 4. The van der Waals surface area contributed by atoms with Crippen LogP contribution in [0.25, 0.3) is 11.5 Å². The fraction of sp³-hybridized carbons (Fsp3) is 0.333. The van der Waals surface area contributed by atoms with E-state index >= 15 is 0 Å². The van der Waals surface area contributed by atoms with Crippen molar-refractivity contribution in [1.82, 2.24) is 10.3 Å². The van der Waals surface area contributed by atoms with Crippen molar-refractivity contribution in [2.24, 2.45) is 0 Å². The molecule has 1 amide bonds. The molecule has 0 aliphatic rings. The van der Waals surface area contributed by atoms with Gasteiger partial charge in [0.1, 0.15) is 5.76 Å². The first-order chi connectivity index (χ1) is 13.5. The van der Waals surface area contributed by atoms with Crippen molar-refractivity contribution in [3.8, 4) is 11.5 Å². The molecule has 0 fully saturated rings. The van der Waals surface area contributed by atoms with Gasteiger partial charge in [0.05, 0.1) is 5.69 Å². The van der Waals surface area contributed by atoms with Crippen molar-refractivity contribution < 1.29 is 9.21 Å². The molecule has 2 aromatic carbocycles. The summed E-state index contributed by atoms with van der Waals surface area (Å²) in [5, 5.41) is 3.00. The van der Waals surface area contributed by atoms with E-state index in [1.165, 1.54) is 11.1 Å². The number of carbonyl (C=O) groups is 1. The fourth-order valence-electron chi connectivity index (χ4n) is 3.19. The minimum absolute atomic E-state index is 0.0902. The van der Waals surface area contributed by atoms with Crippen molar-refractivity contribution in [1.29, 1.82) is 0 Å².